The molecule has 1 atom stereocenters. The van der Waals surface area contributed by atoms with Gasteiger partial charge in [0.15, 0.2) is 0 Å². The number of hydrogen-bond donors (Lipinski definition) is 1. The summed E-state index contributed by atoms with van der Waals surface area (Å²) >= 11 is 1.36. The number of rotatable bonds is 8. The number of nitrogens with one attached hydrogen (secondary N) is 1. The highest BCUT2D eigenvalue weighted by atomic mass is 32.1. The predicted octanol–water partition coefficient (Wildman–Crippen LogP) is 2.97. The molecule has 0 saturated carbocycles. The normalized spacial score (nSPS) is 16.6. The largest absolute Gasteiger partial charge is 0.497 e. The minimum atomic E-state index is -0.325. The second-order valence-corrected chi connectivity index (χ2v) is 8.50. The first-order valence-electron chi connectivity index (χ1n) is 9.48. The lowest BCUT2D eigenvalue weighted by molar-refractivity contribution is -0.128. The van der Waals surface area contributed by atoms with Crippen molar-refractivity contribution in [3.63, 3.8) is 0 Å². The highest BCUT2D eigenvalue weighted by Crippen LogP contribution is 2.23. The average Bonchev–Trinajstić information content (AvgIpc) is 3.27. The van der Waals surface area contributed by atoms with E-state index in [9.17, 15) is 9.59 Å². The smallest absolute Gasteiger partial charge is 0.231 e. The molecule has 1 fully saturated rings. The summed E-state index contributed by atoms with van der Waals surface area (Å²) in [5, 5.41) is 12.3. The quantitative estimate of drug-likeness (QED) is 0.734. The molecule has 1 aliphatic heterocycles. The van der Waals surface area contributed by atoms with Crippen molar-refractivity contribution in [2.24, 2.45) is 11.8 Å². The van der Waals surface area contributed by atoms with Gasteiger partial charge in [-0.3, -0.25) is 9.59 Å². The van der Waals surface area contributed by atoms with E-state index in [1.165, 1.54) is 11.3 Å². The van der Waals surface area contributed by atoms with Crippen LogP contribution in [0.1, 0.15) is 37.3 Å². The van der Waals surface area contributed by atoms with Crippen LogP contribution in [0.3, 0.4) is 0 Å². The van der Waals surface area contributed by atoms with E-state index < -0.39 is 0 Å². The summed E-state index contributed by atoms with van der Waals surface area (Å²) in [5.41, 5.74) is 1.09. The number of benzene rings is 1. The molecular weight excluding hydrogens is 376 g/mol. The molecule has 0 spiro atoms. The van der Waals surface area contributed by atoms with Crippen molar-refractivity contribution in [3.05, 3.63) is 34.8 Å². The van der Waals surface area contributed by atoms with Gasteiger partial charge in [0.1, 0.15) is 10.8 Å². The number of hydrogen-bond acceptors (Lipinski definition) is 6. The molecule has 3 rings (SSSR count). The topological polar surface area (TPSA) is 84.4 Å². The third kappa shape index (κ3) is 5.28. The second kappa shape index (κ2) is 9.14. The Hall–Kier alpha value is -2.48. The lowest BCUT2D eigenvalue weighted by Crippen LogP contribution is -2.29. The van der Waals surface area contributed by atoms with Crippen LogP contribution in [0.15, 0.2) is 24.3 Å². The van der Waals surface area contributed by atoms with Crippen molar-refractivity contribution in [2.75, 3.05) is 25.5 Å². The highest BCUT2D eigenvalue weighted by Gasteiger charge is 2.34. The molecule has 0 unspecified atom stereocenters. The number of aromatic nitrogens is 2. The zero-order valence-electron chi connectivity index (χ0n) is 16.5. The Balaban J connectivity index is 1.53. The molecule has 1 aromatic carbocycles. The molecule has 150 valence electrons. The van der Waals surface area contributed by atoms with Crippen LogP contribution in [0.25, 0.3) is 0 Å². The van der Waals surface area contributed by atoms with Crippen LogP contribution in [-0.4, -0.2) is 47.1 Å². The van der Waals surface area contributed by atoms with Crippen LogP contribution < -0.4 is 10.1 Å². The predicted molar refractivity (Wildman–Crippen MR) is 108 cm³/mol. The Kier molecular flexibility index (Phi) is 6.61. The fourth-order valence-corrected chi connectivity index (χ4v) is 3.86. The van der Waals surface area contributed by atoms with Gasteiger partial charge in [-0.2, -0.15) is 0 Å². The van der Waals surface area contributed by atoms with Gasteiger partial charge in [-0.1, -0.05) is 37.3 Å². The van der Waals surface area contributed by atoms with E-state index in [0.717, 1.165) is 22.7 Å². The van der Waals surface area contributed by atoms with Gasteiger partial charge in [0.05, 0.1) is 13.0 Å². The van der Waals surface area contributed by atoms with Crippen LogP contribution in [0.2, 0.25) is 0 Å². The Morgan fingerprint density at radius 3 is 2.75 bits per heavy atom. The number of carbonyl (C=O) groups is 2. The number of likely N-dealkylation sites (tertiary alicyclic amines) is 1. The van der Waals surface area contributed by atoms with Crippen molar-refractivity contribution in [1.29, 1.82) is 0 Å². The Morgan fingerprint density at radius 2 is 2.07 bits per heavy atom. The summed E-state index contributed by atoms with van der Waals surface area (Å²) in [4.78, 5) is 26.4. The standard InChI is InChI=1S/C20H26N4O3S/c1-13(2)8-9-24-12-15(11-18(24)25)19(26)21-20-23-22-17(28-20)10-14-4-6-16(27-3)7-5-14/h4-7,13,15H,8-12H2,1-3H3,(H,21,23,26)/t15-/m0/s1. The molecule has 0 radical (unpaired) electrons. The maximum Gasteiger partial charge on any atom is 0.231 e. The van der Waals surface area contributed by atoms with E-state index in [2.05, 4.69) is 29.4 Å². The van der Waals surface area contributed by atoms with E-state index in [1.54, 1.807) is 12.0 Å². The summed E-state index contributed by atoms with van der Waals surface area (Å²) in [6.07, 6.45) is 1.86. The number of methoxy groups -OCH3 is 1. The van der Waals surface area contributed by atoms with Crippen molar-refractivity contribution in [3.8, 4) is 5.75 Å². The molecule has 2 aromatic rings. The monoisotopic (exact) mass is 402 g/mol. The van der Waals surface area contributed by atoms with Gasteiger partial charge in [-0.15, -0.1) is 10.2 Å². The van der Waals surface area contributed by atoms with Gasteiger partial charge >= 0.3 is 0 Å². The van der Waals surface area contributed by atoms with E-state index in [4.69, 9.17) is 4.74 Å². The van der Waals surface area contributed by atoms with Crippen LogP contribution in [0, 0.1) is 11.8 Å². The highest BCUT2D eigenvalue weighted by molar-refractivity contribution is 7.15. The molecule has 1 aliphatic rings. The van der Waals surface area contributed by atoms with Gasteiger partial charge in [-0.25, -0.2) is 0 Å². The fourth-order valence-electron chi connectivity index (χ4n) is 3.08. The van der Waals surface area contributed by atoms with E-state index in [1.807, 2.05) is 24.3 Å². The second-order valence-electron chi connectivity index (χ2n) is 7.44. The third-order valence-electron chi connectivity index (χ3n) is 4.77. The van der Waals surface area contributed by atoms with Crippen molar-refractivity contribution < 1.29 is 14.3 Å². The average molecular weight is 403 g/mol. The van der Waals surface area contributed by atoms with Crippen LogP contribution in [0.4, 0.5) is 5.13 Å². The van der Waals surface area contributed by atoms with Gasteiger partial charge in [0.25, 0.3) is 0 Å². The van der Waals surface area contributed by atoms with Gasteiger partial charge in [0.2, 0.25) is 16.9 Å². The summed E-state index contributed by atoms with van der Waals surface area (Å²) < 4.78 is 5.16. The van der Waals surface area contributed by atoms with E-state index in [-0.39, 0.29) is 24.2 Å². The zero-order chi connectivity index (χ0) is 20.1. The van der Waals surface area contributed by atoms with Crippen LogP contribution >= 0.6 is 11.3 Å². The maximum atomic E-state index is 12.5. The molecule has 0 bridgehead atoms. The van der Waals surface area contributed by atoms with Crippen LogP contribution in [-0.2, 0) is 16.0 Å². The molecule has 2 amide bonds. The summed E-state index contributed by atoms with van der Waals surface area (Å²) in [7, 11) is 1.64. The Morgan fingerprint density at radius 1 is 1.32 bits per heavy atom. The van der Waals surface area contributed by atoms with Crippen LogP contribution in [0.5, 0.6) is 5.75 Å². The fraction of sp³-hybridized carbons (Fsp3) is 0.500. The minimum absolute atomic E-state index is 0.0539. The van der Waals surface area contributed by atoms with E-state index >= 15 is 0 Å². The van der Waals surface area contributed by atoms with Gasteiger partial charge in [0, 0.05) is 25.9 Å². The summed E-state index contributed by atoms with van der Waals surface area (Å²) in [5.74, 6) is 0.910. The number of anilines is 1. The number of ether oxygens (including phenoxy) is 1. The molecular formula is C20H26N4O3S. The number of carbonyl (C=O) groups excluding carboxylic acids is 2. The summed E-state index contributed by atoms with van der Waals surface area (Å²) in [6.45, 7) is 5.45. The van der Waals surface area contributed by atoms with Gasteiger partial charge in [-0.05, 0) is 30.0 Å². The van der Waals surface area contributed by atoms with Crippen molar-refractivity contribution in [1.82, 2.24) is 15.1 Å². The van der Waals surface area contributed by atoms with Gasteiger partial charge < -0.3 is 15.0 Å². The lowest BCUT2D eigenvalue weighted by Gasteiger charge is -2.17. The Labute approximate surface area is 169 Å². The summed E-state index contributed by atoms with van der Waals surface area (Å²) in [6, 6.07) is 7.77. The molecule has 2 heterocycles. The lowest BCUT2D eigenvalue weighted by atomic mass is 10.1. The first-order chi connectivity index (χ1) is 13.4. The first-order valence-corrected chi connectivity index (χ1v) is 10.3. The molecule has 7 nitrogen and oxygen atoms in total. The molecule has 1 saturated heterocycles. The van der Waals surface area contributed by atoms with E-state index in [0.29, 0.717) is 30.6 Å². The molecule has 0 aliphatic carbocycles. The number of nitrogens with zero attached hydrogens (tertiary/aromatic N) is 3. The third-order valence-corrected chi connectivity index (χ3v) is 5.61. The zero-order valence-corrected chi connectivity index (χ0v) is 17.3. The first kappa shape index (κ1) is 20.3. The minimum Gasteiger partial charge on any atom is -0.497 e. The van der Waals surface area contributed by atoms with Crippen molar-refractivity contribution >= 4 is 28.3 Å². The molecule has 8 heteroatoms. The van der Waals surface area contributed by atoms with Crippen molar-refractivity contribution in [2.45, 2.75) is 33.1 Å². The molecule has 28 heavy (non-hydrogen) atoms. The molecule has 1 aromatic heterocycles. The Bertz CT molecular complexity index is 819. The maximum absolute atomic E-state index is 12.5. The SMILES string of the molecule is COc1ccc(Cc2nnc(NC(=O)[C@H]3CC(=O)N(CCC(C)C)C3)s2)cc1. The number of amides is 2. The molecule has 1 N–H and O–H groups in total.